The molecular weight excluding hydrogens is 452 g/mol. The Kier molecular flexibility index (Phi) is 5.91. The number of imidazole rings is 1. The largest absolute Gasteiger partial charge is 0.379 e. The SMILES string of the molecule is Cc1ccc(S(=O)(=O)N2CCOCC2)cc1C(=O)Nc1ccc(-c2nc3ccccc3[nH]2)cc1. The van der Waals surface area contributed by atoms with Crippen molar-refractivity contribution in [3.8, 4) is 11.4 Å². The van der Waals surface area contributed by atoms with Gasteiger partial charge in [-0.15, -0.1) is 0 Å². The molecule has 1 fully saturated rings. The number of benzene rings is 3. The number of sulfonamides is 1. The van der Waals surface area contributed by atoms with Gasteiger partial charge in [-0.05, 0) is 61.0 Å². The van der Waals surface area contributed by atoms with Gasteiger partial charge in [0, 0.05) is 29.9 Å². The maximum Gasteiger partial charge on any atom is 0.255 e. The van der Waals surface area contributed by atoms with E-state index >= 15 is 0 Å². The summed E-state index contributed by atoms with van der Waals surface area (Å²) in [5.74, 6) is 0.379. The number of amides is 1. The molecule has 8 nitrogen and oxygen atoms in total. The Morgan fingerprint density at radius 3 is 2.50 bits per heavy atom. The van der Waals surface area contributed by atoms with E-state index in [1.807, 2.05) is 36.4 Å². The van der Waals surface area contributed by atoms with Crippen molar-refractivity contribution in [2.24, 2.45) is 0 Å². The van der Waals surface area contributed by atoms with Crippen LogP contribution in [0.4, 0.5) is 5.69 Å². The molecule has 1 amide bonds. The van der Waals surface area contributed by atoms with E-state index in [-0.39, 0.29) is 10.8 Å². The number of aryl methyl sites for hydroxylation is 1. The number of morpholine rings is 1. The van der Waals surface area contributed by atoms with E-state index in [9.17, 15) is 13.2 Å². The van der Waals surface area contributed by atoms with Gasteiger partial charge in [-0.1, -0.05) is 18.2 Å². The fourth-order valence-electron chi connectivity index (χ4n) is 3.94. The fourth-order valence-corrected chi connectivity index (χ4v) is 5.38. The molecule has 1 saturated heterocycles. The van der Waals surface area contributed by atoms with Crippen molar-refractivity contribution in [3.05, 3.63) is 77.9 Å². The molecule has 1 aromatic heterocycles. The van der Waals surface area contributed by atoms with E-state index in [0.29, 0.717) is 43.1 Å². The highest BCUT2D eigenvalue weighted by Gasteiger charge is 2.27. The number of anilines is 1. The Hall–Kier alpha value is -3.53. The molecule has 1 aliphatic heterocycles. The normalized spacial score (nSPS) is 14.9. The number of carbonyl (C=O) groups excluding carboxylic acids is 1. The number of para-hydroxylation sites is 2. The second-order valence-electron chi connectivity index (χ2n) is 8.13. The molecule has 2 heterocycles. The number of nitrogens with one attached hydrogen (secondary N) is 2. The Labute approximate surface area is 197 Å². The Bertz CT molecular complexity index is 1420. The molecule has 0 aliphatic carbocycles. The second kappa shape index (κ2) is 9.02. The minimum atomic E-state index is -3.69. The van der Waals surface area contributed by atoms with Gasteiger partial charge < -0.3 is 15.0 Å². The molecule has 0 bridgehead atoms. The van der Waals surface area contributed by atoms with Crippen molar-refractivity contribution >= 4 is 32.7 Å². The third-order valence-corrected chi connectivity index (χ3v) is 7.76. The van der Waals surface area contributed by atoms with Crippen LogP contribution in [0.3, 0.4) is 0 Å². The zero-order valence-electron chi connectivity index (χ0n) is 18.6. The van der Waals surface area contributed by atoms with Crippen LogP contribution in [-0.4, -0.2) is 54.9 Å². The van der Waals surface area contributed by atoms with Gasteiger partial charge in [0.25, 0.3) is 5.91 Å². The summed E-state index contributed by atoms with van der Waals surface area (Å²) in [5.41, 5.74) is 4.34. The predicted octanol–water partition coefficient (Wildman–Crippen LogP) is 3.81. The standard InChI is InChI=1S/C25H24N4O4S/c1-17-6-11-20(34(31,32)29-12-14-33-15-13-29)16-21(17)25(30)26-19-9-7-18(8-10-19)24-27-22-4-2-3-5-23(22)28-24/h2-11,16H,12-15H2,1H3,(H,26,30)(H,27,28). The first-order valence-corrected chi connectivity index (χ1v) is 12.4. The van der Waals surface area contributed by atoms with Crippen molar-refractivity contribution in [2.45, 2.75) is 11.8 Å². The maximum atomic E-state index is 13.0. The van der Waals surface area contributed by atoms with E-state index in [1.165, 1.54) is 10.4 Å². The quantitative estimate of drug-likeness (QED) is 0.456. The third kappa shape index (κ3) is 4.33. The highest BCUT2D eigenvalue weighted by atomic mass is 32.2. The molecule has 174 valence electrons. The molecule has 0 saturated carbocycles. The van der Waals surface area contributed by atoms with E-state index in [0.717, 1.165) is 22.4 Å². The van der Waals surface area contributed by atoms with Crippen LogP contribution in [0.5, 0.6) is 0 Å². The van der Waals surface area contributed by atoms with Gasteiger partial charge >= 0.3 is 0 Å². The number of hydrogen-bond acceptors (Lipinski definition) is 5. The first-order chi connectivity index (χ1) is 16.4. The van der Waals surface area contributed by atoms with Crippen LogP contribution in [0.2, 0.25) is 0 Å². The van der Waals surface area contributed by atoms with Crippen molar-refractivity contribution in [2.75, 3.05) is 31.6 Å². The predicted molar refractivity (Wildman–Crippen MR) is 130 cm³/mol. The summed E-state index contributed by atoms with van der Waals surface area (Å²) < 4.78 is 32.6. The van der Waals surface area contributed by atoms with Crippen LogP contribution < -0.4 is 5.32 Å². The molecule has 34 heavy (non-hydrogen) atoms. The molecule has 2 N–H and O–H groups in total. The second-order valence-corrected chi connectivity index (χ2v) is 10.1. The van der Waals surface area contributed by atoms with E-state index in [2.05, 4.69) is 15.3 Å². The lowest BCUT2D eigenvalue weighted by Gasteiger charge is -2.26. The van der Waals surface area contributed by atoms with Gasteiger partial charge in [-0.2, -0.15) is 4.31 Å². The summed E-state index contributed by atoms with van der Waals surface area (Å²) >= 11 is 0. The number of H-pyrrole nitrogens is 1. The van der Waals surface area contributed by atoms with Gasteiger partial charge in [0.05, 0.1) is 29.1 Å². The van der Waals surface area contributed by atoms with Crippen LogP contribution >= 0.6 is 0 Å². The van der Waals surface area contributed by atoms with Gasteiger partial charge in [0.15, 0.2) is 0 Å². The van der Waals surface area contributed by atoms with Crippen molar-refractivity contribution in [1.82, 2.24) is 14.3 Å². The molecule has 0 atom stereocenters. The van der Waals surface area contributed by atoms with E-state index < -0.39 is 10.0 Å². The van der Waals surface area contributed by atoms with Crippen LogP contribution in [0.15, 0.2) is 71.6 Å². The summed E-state index contributed by atoms with van der Waals surface area (Å²) in [6.45, 7) is 3.11. The Balaban J connectivity index is 1.35. The summed E-state index contributed by atoms with van der Waals surface area (Å²) in [6, 6.07) is 19.8. The van der Waals surface area contributed by atoms with Crippen LogP contribution in [-0.2, 0) is 14.8 Å². The summed E-state index contributed by atoms with van der Waals surface area (Å²) in [5, 5.41) is 2.86. The number of aromatic nitrogens is 2. The van der Waals surface area contributed by atoms with Crippen molar-refractivity contribution in [1.29, 1.82) is 0 Å². The van der Waals surface area contributed by atoms with Crippen molar-refractivity contribution < 1.29 is 17.9 Å². The Morgan fingerprint density at radius 2 is 1.76 bits per heavy atom. The molecule has 4 aromatic rings. The number of ether oxygens (including phenoxy) is 1. The van der Waals surface area contributed by atoms with Gasteiger partial charge in [0.1, 0.15) is 5.82 Å². The molecule has 5 rings (SSSR count). The van der Waals surface area contributed by atoms with E-state index in [1.54, 1.807) is 31.2 Å². The lowest BCUT2D eigenvalue weighted by atomic mass is 10.1. The number of nitrogens with zero attached hydrogens (tertiary/aromatic N) is 2. The molecule has 0 unspecified atom stereocenters. The molecule has 3 aromatic carbocycles. The topological polar surface area (TPSA) is 104 Å². The van der Waals surface area contributed by atoms with Crippen LogP contribution in [0.25, 0.3) is 22.4 Å². The number of hydrogen-bond donors (Lipinski definition) is 2. The highest BCUT2D eigenvalue weighted by molar-refractivity contribution is 7.89. The van der Waals surface area contributed by atoms with Gasteiger partial charge in [-0.25, -0.2) is 13.4 Å². The van der Waals surface area contributed by atoms with Crippen LogP contribution in [0.1, 0.15) is 15.9 Å². The minimum Gasteiger partial charge on any atom is -0.379 e. The lowest BCUT2D eigenvalue weighted by Crippen LogP contribution is -2.40. The number of rotatable bonds is 5. The minimum absolute atomic E-state index is 0.102. The third-order valence-electron chi connectivity index (χ3n) is 5.87. The zero-order chi connectivity index (χ0) is 23.7. The van der Waals surface area contributed by atoms with Crippen molar-refractivity contribution in [3.63, 3.8) is 0 Å². The smallest absolute Gasteiger partial charge is 0.255 e. The number of fused-ring (bicyclic) bond motifs is 1. The summed E-state index contributed by atoms with van der Waals surface area (Å²) in [7, 11) is -3.69. The average Bonchev–Trinajstić information content (AvgIpc) is 3.29. The molecule has 1 aliphatic rings. The first-order valence-electron chi connectivity index (χ1n) is 11.0. The monoisotopic (exact) mass is 476 g/mol. The maximum absolute atomic E-state index is 13.0. The Morgan fingerprint density at radius 1 is 1.03 bits per heavy atom. The van der Waals surface area contributed by atoms with E-state index in [4.69, 9.17) is 4.74 Å². The fraction of sp³-hybridized carbons (Fsp3) is 0.200. The molecule has 9 heteroatoms. The molecular formula is C25H24N4O4S. The lowest BCUT2D eigenvalue weighted by molar-refractivity contribution is 0.0730. The zero-order valence-corrected chi connectivity index (χ0v) is 19.4. The van der Waals surface area contributed by atoms with Gasteiger partial charge in [0.2, 0.25) is 10.0 Å². The molecule has 0 spiro atoms. The summed E-state index contributed by atoms with van der Waals surface area (Å²) in [4.78, 5) is 21.0. The highest BCUT2D eigenvalue weighted by Crippen LogP contribution is 2.24. The van der Waals surface area contributed by atoms with Gasteiger partial charge in [-0.3, -0.25) is 4.79 Å². The van der Waals surface area contributed by atoms with Crippen LogP contribution in [0, 0.1) is 6.92 Å². The molecule has 0 radical (unpaired) electrons. The number of carbonyl (C=O) groups is 1. The average molecular weight is 477 g/mol. The number of aromatic amines is 1. The summed E-state index contributed by atoms with van der Waals surface area (Å²) in [6.07, 6.45) is 0. The first kappa shape index (κ1) is 22.3.